The molecular weight excluding hydrogens is 188 g/mol. The van der Waals surface area contributed by atoms with Gasteiger partial charge in [0.1, 0.15) is 0 Å². The molecule has 2 nitrogen and oxygen atoms in total. The monoisotopic (exact) mass is 192 g/mol. The van der Waals surface area contributed by atoms with Crippen molar-refractivity contribution in [2.75, 3.05) is 0 Å². The number of benzene rings is 1. The quantitative estimate of drug-likeness (QED) is 0.512. The number of para-hydroxylation sites is 2. The van der Waals surface area contributed by atoms with Gasteiger partial charge in [-0.1, -0.05) is 24.3 Å². The van der Waals surface area contributed by atoms with Crippen LogP contribution in [0.3, 0.4) is 0 Å². The normalized spacial score (nSPS) is 11.4. The Labute approximate surface area is 89.7 Å². The van der Waals surface area contributed by atoms with Crippen molar-refractivity contribution >= 4 is 11.0 Å². The molecule has 1 aromatic carbocycles. The fourth-order valence-corrected chi connectivity index (χ4v) is 1.03. The van der Waals surface area contributed by atoms with Gasteiger partial charge in [0.25, 0.3) is 0 Å². The van der Waals surface area contributed by atoms with E-state index in [1.807, 2.05) is 0 Å². The third-order valence-electron chi connectivity index (χ3n) is 1.59. The van der Waals surface area contributed by atoms with Crippen molar-refractivity contribution in [3.8, 4) is 0 Å². The average Bonchev–Trinajstić information content (AvgIpc) is 2.45. The van der Waals surface area contributed by atoms with Crippen LogP contribution in [0.4, 0.5) is 13.2 Å². The minimum Gasteiger partial charge on any atom is -0.432 e. The van der Waals surface area contributed by atoms with Crippen LogP contribution in [0.25, 0.3) is 11.0 Å². The first-order valence-corrected chi connectivity index (χ1v) is 3.54. The SMILES string of the molecule is FC(F)(F)c1nc2ccccc2[n-]1.[Li+]. The van der Waals surface area contributed by atoms with Gasteiger partial charge >= 0.3 is 25.0 Å². The number of fused-ring (bicyclic) bond motifs is 1. The first kappa shape index (κ1) is 11.2. The molecule has 0 fully saturated rings. The molecule has 0 N–H and O–H groups in total. The molecule has 1 aromatic heterocycles. The Morgan fingerprint density at radius 2 is 1.79 bits per heavy atom. The summed E-state index contributed by atoms with van der Waals surface area (Å²) in [5.41, 5.74) is 0.546. The van der Waals surface area contributed by atoms with Gasteiger partial charge in [-0.3, -0.25) is 0 Å². The molecule has 0 aliphatic rings. The predicted molar refractivity (Wildman–Crippen MR) is 40.1 cm³/mol. The van der Waals surface area contributed by atoms with Gasteiger partial charge < -0.3 is 9.97 Å². The van der Waals surface area contributed by atoms with Crippen LogP contribution in [0.1, 0.15) is 5.82 Å². The zero-order chi connectivity index (χ0) is 9.47. The second kappa shape index (κ2) is 3.68. The summed E-state index contributed by atoms with van der Waals surface area (Å²) in [7, 11) is 0. The first-order chi connectivity index (χ1) is 6.07. The maximum Gasteiger partial charge on any atom is 1.00 e. The number of rotatable bonds is 0. The number of hydrogen-bond acceptors (Lipinski definition) is 1. The van der Waals surface area contributed by atoms with Gasteiger partial charge in [0, 0.05) is 5.82 Å². The summed E-state index contributed by atoms with van der Waals surface area (Å²) in [5.74, 6) is -1.08. The zero-order valence-corrected chi connectivity index (χ0v) is 7.34. The van der Waals surface area contributed by atoms with Crippen molar-refractivity contribution in [3.63, 3.8) is 0 Å². The Bertz CT molecular complexity index is 402. The molecular formula is C8H4F3LiN2. The van der Waals surface area contributed by atoms with E-state index >= 15 is 0 Å². The Balaban J connectivity index is 0.000000980. The van der Waals surface area contributed by atoms with Crippen molar-refractivity contribution in [2.45, 2.75) is 6.18 Å². The van der Waals surface area contributed by atoms with Crippen LogP contribution in [0.2, 0.25) is 0 Å². The molecule has 14 heavy (non-hydrogen) atoms. The van der Waals surface area contributed by atoms with Gasteiger partial charge in [-0.05, 0) is 11.0 Å². The fraction of sp³-hybridized carbons (Fsp3) is 0.125. The standard InChI is InChI=1S/C8H4F3N2.Li/c9-8(10,11)7-12-5-3-1-2-4-6(5)13-7;/h1-4H;/q-1;+1. The fourth-order valence-electron chi connectivity index (χ4n) is 1.03. The number of alkyl halides is 3. The third-order valence-corrected chi connectivity index (χ3v) is 1.59. The Kier molecular flexibility index (Phi) is 2.93. The van der Waals surface area contributed by atoms with Crippen molar-refractivity contribution < 1.29 is 32.0 Å². The molecule has 0 amide bonds. The second-order valence-corrected chi connectivity index (χ2v) is 2.53. The number of aromatic nitrogens is 2. The van der Waals surface area contributed by atoms with E-state index < -0.39 is 12.0 Å². The summed E-state index contributed by atoms with van der Waals surface area (Å²) in [4.78, 5) is 6.70. The van der Waals surface area contributed by atoms with E-state index in [9.17, 15) is 13.2 Å². The second-order valence-electron chi connectivity index (χ2n) is 2.53. The molecule has 0 aliphatic heterocycles. The molecule has 0 aliphatic carbocycles. The topological polar surface area (TPSA) is 27.0 Å². The molecule has 0 unspecified atom stereocenters. The smallest absolute Gasteiger partial charge is 0.432 e. The van der Waals surface area contributed by atoms with Crippen LogP contribution in [-0.4, -0.2) is 4.98 Å². The summed E-state index contributed by atoms with van der Waals surface area (Å²) < 4.78 is 36.3. The molecule has 0 saturated carbocycles. The Morgan fingerprint density at radius 3 is 2.36 bits per heavy atom. The summed E-state index contributed by atoms with van der Waals surface area (Å²) in [6, 6.07) is 6.24. The van der Waals surface area contributed by atoms with E-state index in [2.05, 4.69) is 9.97 Å². The first-order valence-electron chi connectivity index (χ1n) is 3.54. The van der Waals surface area contributed by atoms with Gasteiger partial charge in [0.15, 0.2) is 0 Å². The van der Waals surface area contributed by atoms with Crippen LogP contribution in [0.15, 0.2) is 24.3 Å². The summed E-state index contributed by atoms with van der Waals surface area (Å²) >= 11 is 0. The number of hydrogen-bond donors (Lipinski definition) is 0. The molecule has 0 saturated heterocycles. The Morgan fingerprint density at radius 1 is 1.14 bits per heavy atom. The van der Waals surface area contributed by atoms with E-state index in [1.54, 1.807) is 12.1 Å². The molecule has 2 aromatic rings. The van der Waals surface area contributed by atoms with Crippen LogP contribution in [0.5, 0.6) is 0 Å². The summed E-state index contributed by atoms with van der Waals surface area (Å²) in [6.45, 7) is 0. The van der Waals surface area contributed by atoms with Gasteiger partial charge in [-0.25, -0.2) is 0 Å². The van der Waals surface area contributed by atoms with Crippen molar-refractivity contribution in [1.82, 2.24) is 9.97 Å². The van der Waals surface area contributed by atoms with E-state index in [1.165, 1.54) is 12.1 Å². The van der Waals surface area contributed by atoms with E-state index in [4.69, 9.17) is 0 Å². The maximum absolute atomic E-state index is 12.1. The van der Waals surface area contributed by atoms with Crippen LogP contribution >= 0.6 is 0 Å². The van der Waals surface area contributed by atoms with Crippen LogP contribution in [0, 0.1) is 0 Å². The molecule has 6 heteroatoms. The molecule has 68 valence electrons. The minimum absolute atomic E-state index is 0. The number of nitrogens with zero attached hydrogens (tertiary/aromatic N) is 2. The van der Waals surface area contributed by atoms with Crippen molar-refractivity contribution in [3.05, 3.63) is 30.1 Å². The van der Waals surface area contributed by atoms with E-state index in [-0.39, 0.29) is 29.9 Å². The third kappa shape index (κ3) is 1.94. The van der Waals surface area contributed by atoms with Crippen molar-refractivity contribution in [2.24, 2.45) is 0 Å². The predicted octanol–water partition coefficient (Wildman–Crippen LogP) is -0.785. The van der Waals surface area contributed by atoms with E-state index in [0.29, 0.717) is 0 Å². The molecule has 1 heterocycles. The molecule has 2 rings (SSSR count). The molecule has 0 radical (unpaired) electrons. The summed E-state index contributed by atoms with van der Waals surface area (Å²) in [5, 5.41) is 0. The average molecular weight is 192 g/mol. The minimum atomic E-state index is -4.46. The van der Waals surface area contributed by atoms with E-state index in [0.717, 1.165) is 0 Å². The number of imidazole rings is 1. The number of halogens is 3. The van der Waals surface area contributed by atoms with Gasteiger partial charge in [0.2, 0.25) is 0 Å². The van der Waals surface area contributed by atoms with Gasteiger partial charge in [-0.2, -0.15) is 13.2 Å². The maximum atomic E-state index is 12.1. The van der Waals surface area contributed by atoms with Crippen molar-refractivity contribution in [1.29, 1.82) is 0 Å². The summed E-state index contributed by atoms with van der Waals surface area (Å²) in [6.07, 6.45) is -4.46. The van der Waals surface area contributed by atoms with Gasteiger partial charge in [-0.15, -0.1) is 0 Å². The molecule has 0 atom stereocenters. The van der Waals surface area contributed by atoms with Crippen LogP contribution in [-0.2, 0) is 6.18 Å². The Hall–Kier alpha value is -0.923. The molecule has 0 spiro atoms. The van der Waals surface area contributed by atoms with Crippen LogP contribution < -0.4 is 23.8 Å². The zero-order valence-electron chi connectivity index (χ0n) is 7.34. The largest absolute Gasteiger partial charge is 1.00 e. The van der Waals surface area contributed by atoms with Gasteiger partial charge in [0.05, 0.1) is 0 Å². The molecule has 0 bridgehead atoms.